The van der Waals surface area contributed by atoms with E-state index in [2.05, 4.69) is 10.0 Å². The van der Waals surface area contributed by atoms with Crippen LogP contribution in [0.1, 0.15) is 20.3 Å². The molecule has 0 unspecified atom stereocenters. The van der Waals surface area contributed by atoms with Crippen LogP contribution in [0.15, 0.2) is 5.11 Å². The first-order chi connectivity index (χ1) is 8.48. The van der Waals surface area contributed by atoms with Gasteiger partial charge in [0.05, 0.1) is 30.7 Å². The summed E-state index contributed by atoms with van der Waals surface area (Å²) < 4.78 is 16.6. The topological polar surface area (TPSA) is 120 Å². The molecule has 2 aliphatic rings. The Labute approximate surface area is 104 Å². The molecule has 98 valence electrons. The second-order valence-electron chi connectivity index (χ2n) is 4.69. The molecule has 2 saturated heterocycles. The lowest BCUT2D eigenvalue weighted by molar-refractivity contribution is -0.215. The van der Waals surface area contributed by atoms with Gasteiger partial charge in [-0.2, -0.15) is 5.26 Å². The monoisotopic (exact) mass is 254 g/mol. The summed E-state index contributed by atoms with van der Waals surface area (Å²) in [6, 6.07) is 1.14. The Morgan fingerprint density at radius 1 is 1.56 bits per heavy atom. The summed E-state index contributed by atoms with van der Waals surface area (Å²) >= 11 is 0. The van der Waals surface area contributed by atoms with Crippen molar-refractivity contribution in [2.75, 3.05) is 0 Å². The summed E-state index contributed by atoms with van der Waals surface area (Å²) in [4.78, 5) is 2.73. The van der Waals surface area contributed by atoms with Gasteiger partial charge >= 0.3 is 0 Å². The number of hydrogen-bond donors (Lipinski definition) is 1. The minimum absolute atomic E-state index is 0.106. The van der Waals surface area contributed by atoms with Gasteiger partial charge in [0.2, 0.25) is 0 Å². The van der Waals surface area contributed by atoms with Gasteiger partial charge in [-0.3, -0.25) is 0 Å². The molecule has 2 rings (SSSR count). The van der Waals surface area contributed by atoms with E-state index < -0.39 is 36.4 Å². The van der Waals surface area contributed by atoms with E-state index in [1.807, 2.05) is 6.07 Å². The third-order valence-corrected chi connectivity index (χ3v) is 2.92. The molecule has 5 atom stereocenters. The van der Waals surface area contributed by atoms with E-state index in [4.69, 9.17) is 25.0 Å². The molecule has 0 radical (unpaired) electrons. The first-order valence-corrected chi connectivity index (χ1v) is 5.59. The molecule has 8 nitrogen and oxygen atoms in total. The van der Waals surface area contributed by atoms with Crippen molar-refractivity contribution >= 4 is 0 Å². The second-order valence-corrected chi connectivity index (χ2v) is 4.69. The van der Waals surface area contributed by atoms with Gasteiger partial charge in [0.25, 0.3) is 0 Å². The van der Waals surface area contributed by atoms with Crippen LogP contribution < -0.4 is 0 Å². The Morgan fingerprint density at radius 2 is 2.28 bits per heavy atom. The van der Waals surface area contributed by atoms with Crippen molar-refractivity contribution < 1.29 is 19.3 Å². The molecule has 0 saturated carbocycles. The van der Waals surface area contributed by atoms with Gasteiger partial charge in [-0.1, -0.05) is 5.11 Å². The van der Waals surface area contributed by atoms with E-state index >= 15 is 0 Å². The predicted octanol–water partition coefficient (Wildman–Crippen LogP) is 0.816. The van der Waals surface area contributed by atoms with Crippen LogP contribution in [0.2, 0.25) is 0 Å². The zero-order valence-electron chi connectivity index (χ0n) is 10.1. The highest BCUT2D eigenvalue weighted by Crippen LogP contribution is 2.40. The molecular formula is C10H14N4O4. The van der Waals surface area contributed by atoms with E-state index in [1.165, 1.54) is 0 Å². The minimum atomic E-state index is -1.04. The molecule has 0 aromatic carbocycles. The van der Waals surface area contributed by atoms with Gasteiger partial charge in [-0.15, -0.1) is 0 Å². The number of hydrogen-bond acceptors (Lipinski definition) is 6. The quantitative estimate of drug-likeness (QED) is 0.454. The molecule has 1 N–H and O–H groups in total. The maximum atomic E-state index is 9.79. The fourth-order valence-corrected chi connectivity index (χ4v) is 2.24. The van der Waals surface area contributed by atoms with Gasteiger partial charge in [-0.05, 0) is 19.4 Å². The van der Waals surface area contributed by atoms with Crippen molar-refractivity contribution in [3.8, 4) is 6.07 Å². The minimum Gasteiger partial charge on any atom is -0.389 e. The average molecular weight is 254 g/mol. The van der Waals surface area contributed by atoms with Gasteiger partial charge in [0.15, 0.2) is 12.1 Å². The van der Waals surface area contributed by atoms with E-state index in [0.717, 1.165) is 0 Å². The van der Waals surface area contributed by atoms with Crippen LogP contribution in [0, 0.1) is 11.3 Å². The largest absolute Gasteiger partial charge is 0.389 e. The highest BCUT2D eigenvalue weighted by Gasteiger charge is 2.55. The van der Waals surface area contributed by atoms with Crippen LogP contribution in [-0.2, 0) is 14.2 Å². The van der Waals surface area contributed by atoms with Crippen LogP contribution in [0.3, 0.4) is 0 Å². The van der Waals surface area contributed by atoms with Crippen molar-refractivity contribution in [2.24, 2.45) is 5.11 Å². The molecule has 0 bridgehead atoms. The Balaban J connectivity index is 2.17. The summed E-state index contributed by atoms with van der Waals surface area (Å²) in [6.07, 6.45) is -3.17. The van der Waals surface area contributed by atoms with Crippen molar-refractivity contribution in [3.05, 3.63) is 10.4 Å². The molecule has 0 aliphatic carbocycles. The smallest absolute Gasteiger partial charge is 0.188 e. The van der Waals surface area contributed by atoms with Crippen LogP contribution in [0.25, 0.3) is 10.4 Å². The Bertz CT molecular complexity index is 415. The number of azide groups is 1. The molecule has 2 aliphatic heterocycles. The van der Waals surface area contributed by atoms with Crippen molar-refractivity contribution in [1.82, 2.24) is 0 Å². The molecule has 0 spiro atoms. The summed E-state index contributed by atoms with van der Waals surface area (Å²) in [5, 5.41) is 22.0. The molecular weight excluding hydrogens is 240 g/mol. The van der Waals surface area contributed by atoms with Gasteiger partial charge in [-0.25, -0.2) is 0 Å². The summed E-state index contributed by atoms with van der Waals surface area (Å²) in [5.74, 6) is -0.816. The highest BCUT2D eigenvalue weighted by molar-refractivity contribution is 5.01. The molecule has 0 aromatic rings. The van der Waals surface area contributed by atoms with Gasteiger partial charge in [0.1, 0.15) is 6.10 Å². The van der Waals surface area contributed by atoms with E-state index in [9.17, 15) is 5.11 Å². The normalized spacial score (nSPS) is 38.6. The lowest BCUT2D eigenvalue weighted by atomic mass is 10.0. The maximum absolute atomic E-state index is 9.79. The Morgan fingerprint density at radius 3 is 2.89 bits per heavy atom. The third-order valence-electron chi connectivity index (χ3n) is 2.92. The zero-order valence-corrected chi connectivity index (χ0v) is 10.1. The van der Waals surface area contributed by atoms with Crippen LogP contribution in [0.4, 0.5) is 0 Å². The van der Waals surface area contributed by atoms with Crippen LogP contribution in [-0.4, -0.2) is 41.5 Å². The number of ether oxygens (including phenoxy) is 3. The van der Waals surface area contributed by atoms with E-state index in [0.29, 0.717) is 0 Å². The van der Waals surface area contributed by atoms with Crippen molar-refractivity contribution in [1.29, 1.82) is 5.26 Å². The molecule has 8 heteroatoms. The van der Waals surface area contributed by atoms with E-state index in [-0.39, 0.29) is 6.42 Å². The first kappa shape index (κ1) is 13.1. The Kier molecular flexibility index (Phi) is 3.43. The number of rotatable bonds is 3. The van der Waals surface area contributed by atoms with Gasteiger partial charge in [0, 0.05) is 4.91 Å². The van der Waals surface area contributed by atoms with Crippen LogP contribution in [0.5, 0.6) is 0 Å². The molecule has 2 heterocycles. The predicted molar refractivity (Wildman–Crippen MR) is 57.9 cm³/mol. The number of fused-ring (bicyclic) bond motifs is 1. The molecule has 0 amide bonds. The van der Waals surface area contributed by atoms with E-state index in [1.54, 1.807) is 13.8 Å². The number of nitrogens with zero attached hydrogens (tertiary/aromatic N) is 4. The number of aliphatic hydroxyl groups excluding tert-OH is 1. The van der Waals surface area contributed by atoms with Crippen molar-refractivity contribution in [3.63, 3.8) is 0 Å². The van der Waals surface area contributed by atoms with Crippen LogP contribution >= 0.6 is 0 Å². The molecule has 0 aromatic heterocycles. The van der Waals surface area contributed by atoms with Gasteiger partial charge < -0.3 is 19.3 Å². The SMILES string of the molecule is CC1(C)O[C@H]2O[C@H]([C@H](O)CC#N)[C@@H](N=[N+]=[N-])[C@H]2O1. The maximum Gasteiger partial charge on any atom is 0.188 e. The summed E-state index contributed by atoms with van der Waals surface area (Å²) in [6.45, 7) is 3.45. The first-order valence-electron chi connectivity index (χ1n) is 5.59. The standard InChI is InChI=1S/C10H14N4O4/c1-10(2)17-8-6(13-14-12)7(5(15)3-4-11)16-9(8)18-10/h5-9,15H,3H2,1-2H3/t5-,6-,7-,8-,9-/m1/s1. The summed E-state index contributed by atoms with van der Waals surface area (Å²) in [7, 11) is 0. The number of aliphatic hydroxyl groups is 1. The molecule has 2 fully saturated rings. The number of nitriles is 1. The average Bonchev–Trinajstić information content (AvgIpc) is 2.73. The Hall–Kier alpha value is -1.36. The van der Waals surface area contributed by atoms with Crippen molar-refractivity contribution in [2.45, 2.75) is 56.7 Å². The fourth-order valence-electron chi connectivity index (χ4n) is 2.24. The lowest BCUT2D eigenvalue weighted by Gasteiger charge is -2.25. The summed E-state index contributed by atoms with van der Waals surface area (Å²) in [5.41, 5.74) is 8.57. The lowest BCUT2D eigenvalue weighted by Crippen LogP contribution is -2.39. The second kappa shape index (κ2) is 4.72. The highest BCUT2D eigenvalue weighted by atomic mass is 16.8. The fraction of sp³-hybridized carbons (Fsp3) is 0.900. The third kappa shape index (κ3) is 2.27. The molecule has 18 heavy (non-hydrogen) atoms. The zero-order chi connectivity index (χ0) is 13.3.